The first-order valence-corrected chi connectivity index (χ1v) is 13.8. The van der Waals surface area contributed by atoms with Crippen molar-refractivity contribution in [1.82, 2.24) is 5.32 Å². The smallest absolute Gasteiger partial charge is 0.259 e. The van der Waals surface area contributed by atoms with E-state index in [0.717, 1.165) is 36.8 Å². The fourth-order valence-electron chi connectivity index (χ4n) is 5.36. The Labute approximate surface area is 230 Å². The Balaban J connectivity index is 1.62. The van der Waals surface area contributed by atoms with Gasteiger partial charge in [-0.15, -0.1) is 0 Å². The topological polar surface area (TPSA) is 77.1 Å². The molecule has 1 unspecified atom stereocenters. The Morgan fingerprint density at radius 3 is 2.41 bits per heavy atom. The fraction of sp³-hybridized carbons (Fsp3) is 0.375. The molecular formula is C32H36N2O5. The van der Waals surface area contributed by atoms with E-state index in [2.05, 4.69) is 5.32 Å². The van der Waals surface area contributed by atoms with Gasteiger partial charge in [0.25, 0.3) is 5.91 Å². The number of aryl methyl sites for hydroxylation is 1. The number of anilines is 1. The van der Waals surface area contributed by atoms with Crippen LogP contribution in [0.1, 0.15) is 65.7 Å². The van der Waals surface area contributed by atoms with Crippen molar-refractivity contribution in [1.29, 1.82) is 0 Å². The number of nitrogens with one attached hydrogen (secondary N) is 1. The van der Waals surface area contributed by atoms with Crippen LogP contribution in [0, 0.1) is 13.8 Å². The molecule has 1 fully saturated rings. The average molecular weight is 529 g/mol. The number of ether oxygens (including phenoxy) is 3. The van der Waals surface area contributed by atoms with Gasteiger partial charge in [0.05, 0.1) is 6.61 Å². The van der Waals surface area contributed by atoms with Crippen molar-refractivity contribution >= 4 is 17.5 Å². The lowest BCUT2D eigenvalue weighted by Crippen LogP contribution is -2.46. The van der Waals surface area contributed by atoms with Crippen molar-refractivity contribution in [2.75, 3.05) is 24.7 Å². The maximum absolute atomic E-state index is 14.4. The molecule has 1 aliphatic carbocycles. The Bertz CT molecular complexity index is 1330. The molecule has 7 heteroatoms. The second-order valence-corrected chi connectivity index (χ2v) is 10.1. The van der Waals surface area contributed by atoms with Gasteiger partial charge in [-0.25, -0.2) is 0 Å². The quantitative estimate of drug-likeness (QED) is 0.393. The lowest BCUT2D eigenvalue weighted by molar-refractivity contribution is -0.123. The molecule has 0 spiro atoms. The van der Waals surface area contributed by atoms with Gasteiger partial charge >= 0.3 is 0 Å². The molecule has 1 atom stereocenters. The molecular weight excluding hydrogens is 492 g/mol. The minimum atomic E-state index is -0.887. The third-order valence-electron chi connectivity index (χ3n) is 7.56. The van der Waals surface area contributed by atoms with Crippen molar-refractivity contribution < 1.29 is 23.8 Å². The minimum Gasteiger partial charge on any atom is -0.494 e. The molecule has 39 heavy (non-hydrogen) atoms. The van der Waals surface area contributed by atoms with E-state index in [-0.39, 0.29) is 17.9 Å². The molecule has 0 radical (unpaired) electrons. The highest BCUT2D eigenvalue weighted by molar-refractivity contribution is 6.11. The monoisotopic (exact) mass is 528 g/mol. The van der Waals surface area contributed by atoms with Crippen LogP contribution in [-0.2, 0) is 4.79 Å². The maximum Gasteiger partial charge on any atom is 0.259 e. The van der Waals surface area contributed by atoms with Crippen LogP contribution in [0.3, 0.4) is 0 Å². The SMILES string of the molecule is CCOc1ccc(C(C(=O)NC2CCCC2)N(C(=O)c2ccc3c(c2)OCCO3)c2cccc(C)c2C)cc1. The first-order valence-electron chi connectivity index (χ1n) is 13.8. The zero-order chi connectivity index (χ0) is 27.4. The summed E-state index contributed by atoms with van der Waals surface area (Å²) in [5, 5.41) is 3.25. The van der Waals surface area contributed by atoms with Crippen LogP contribution >= 0.6 is 0 Å². The van der Waals surface area contributed by atoms with Crippen molar-refractivity contribution in [3.05, 3.63) is 82.9 Å². The zero-order valence-electron chi connectivity index (χ0n) is 22.9. The molecule has 1 heterocycles. The second-order valence-electron chi connectivity index (χ2n) is 10.1. The molecule has 1 saturated carbocycles. The van der Waals surface area contributed by atoms with Crippen molar-refractivity contribution in [3.8, 4) is 17.2 Å². The van der Waals surface area contributed by atoms with Gasteiger partial charge in [-0.1, -0.05) is 37.1 Å². The summed E-state index contributed by atoms with van der Waals surface area (Å²) < 4.78 is 17.1. The standard InChI is InChI=1S/C32H36N2O5/c1-4-37-26-15-12-23(13-16-26)30(31(35)33-25-9-5-6-10-25)34(27-11-7-8-21(2)22(27)3)32(36)24-14-17-28-29(20-24)39-19-18-38-28/h7-8,11-17,20,25,30H,4-6,9-10,18-19H2,1-3H3,(H,33,35). The van der Waals surface area contributed by atoms with E-state index in [9.17, 15) is 9.59 Å². The number of fused-ring (bicyclic) bond motifs is 1. The van der Waals surface area contributed by atoms with Gasteiger partial charge in [-0.05, 0) is 86.7 Å². The summed E-state index contributed by atoms with van der Waals surface area (Å²) >= 11 is 0. The molecule has 204 valence electrons. The van der Waals surface area contributed by atoms with Gasteiger partial charge in [0.2, 0.25) is 5.91 Å². The molecule has 3 aromatic rings. The summed E-state index contributed by atoms with van der Waals surface area (Å²) in [6.07, 6.45) is 4.08. The second kappa shape index (κ2) is 11.8. The lowest BCUT2D eigenvalue weighted by atomic mass is 9.98. The molecule has 0 bridgehead atoms. The number of carbonyl (C=O) groups is 2. The summed E-state index contributed by atoms with van der Waals surface area (Å²) in [7, 11) is 0. The predicted octanol–water partition coefficient (Wildman–Crippen LogP) is 5.92. The fourth-order valence-corrected chi connectivity index (χ4v) is 5.36. The van der Waals surface area contributed by atoms with E-state index >= 15 is 0 Å². The number of hydrogen-bond acceptors (Lipinski definition) is 5. The van der Waals surface area contributed by atoms with Gasteiger partial charge in [0.1, 0.15) is 25.0 Å². The predicted molar refractivity (Wildman–Crippen MR) is 151 cm³/mol. The van der Waals surface area contributed by atoms with E-state index < -0.39 is 6.04 Å². The molecule has 0 saturated heterocycles. The van der Waals surface area contributed by atoms with Crippen LogP contribution in [0.2, 0.25) is 0 Å². The molecule has 1 aliphatic heterocycles. The Morgan fingerprint density at radius 2 is 1.69 bits per heavy atom. The molecule has 5 rings (SSSR count). The van der Waals surface area contributed by atoms with E-state index in [1.54, 1.807) is 23.1 Å². The molecule has 0 aromatic heterocycles. The number of hydrogen-bond donors (Lipinski definition) is 1. The molecule has 1 N–H and O–H groups in total. The van der Waals surface area contributed by atoms with Gasteiger partial charge in [-0.3, -0.25) is 14.5 Å². The highest BCUT2D eigenvalue weighted by Gasteiger charge is 2.36. The van der Waals surface area contributed by atoms with Gasteiger partial charge in [0, 0.05) is 17.3 Å². The molecule has 7 nitrogen and oxygen atoms in total. The van der Waals surface area contributed by atoms with Crippen molar-refractivity contribution in [2.24, 2.45) is 0 Å². The van der Waals surface area contributed by atoms with Gasteiger partial charge < -0.3 is 19.5 Å². The molecule has 3 aromatic carbocycles. The molecule has 2 aliphatic rings. The first kappa shape index (κ1) is 26.6. The lowest BCUT2D eigenvalue weighted by Gasteiger charge is -2.34. The number of carbonyl (C=O) groups excluding carboxylic acids is 2. The van der Waals surface area contributed by atoms with Gasteiger partial charge in [-0.2, -0.15) is 0 Å². The van der Waals surface area contributed by atoms with Crippen LogP contribution in [-0.4, -0.2) is 37.7 Å². The van der Waals surface area contributed by atoms with E-state index in [0.29, 0.717) is 53.9 Å². The Hall–Kier alpha value is -4.00. The van der Waals surface area contributed by atoms with E-state index in [1.165, 1.54) is 0 Å². The summed E-state index contributed by atoms with van der Waals surface area (Å²) in [4.78, 5) is 30.2. The number of amides is 2. The van der Waals surface area contributed by atoms with Crippen LogP contribution in [0.5, 0.6) is 17.2 Å². The zero-order valence-corrected chi connectivity index (χ0v) is 22.9. The van der Waals surface area contributed by atoms with Gasteiger partial charge in [0.15, 0.2) is 11.5 Å². The van der Waals surface area contributed by atoms with Crippen LogP contribution in [0.4, 0.5) is 5.69 Å². The number of rotatable bonds is 8. The normalized spacial score (nSPS) is 15.5. The highest BCUT2D eigenvalue weighted by Crippen LogP contribution is 2.37. The summed E-state index contributed by atoms with van der Waals surface area (Å²) in [5.74, 6) is 1.37. The largest absolute Gasteiger partial charge is 0.494 e. The first-order chi connectivity index (χ1) is 19.0. The van der Waals surface area contributed by atoms with Crippen LogP contribution < -0.4 is 24.4 Å². The average Bonchev–Trinajstić information content (AvgIpc) is 3.46. The molecule has 2 amide bonds. The van der Waals surface area contributed by atoms with Crippen molar-refractivity contribution in [2.45, 2.75) is 58.5 Å². The van der Waals surface area contributed by atoms with Crippen LogP contribution in [0.15, 0.2) is 60.7 Å². The summed E-state index contributed by atoms with van der Waals surface area (Å²) in [5.41, 5.74) is 3.79. The van der Waals surface area contributed by atoms with E-state index in [1.807, 2.05) is 63.2 Å². The number of nitrogens with zero attached hydrogens (tertiary/aromatic N) is 1. The Morgan fingerprint density at radius 1 is 0.974 bits per heavy atom. The third kappa shape index (κ3) is 5.72. The van der Waals surface area contributed by atoms with E-state index in [4.69, 9.17) is 14.2 Å². The minimum absolute atomic E-state index is 0.104. The number of benzene rings is 3. The summed E-state index contributed by atoms with van der Waals surface area (Å²) in [6.45, 7) is 7.36. The van der Waals surface area contributed by atoms with Crippen LogP contribution in [0.25, 0.3) is 0 Å². The van der Waals surface area contributed by atoms with Crippen molar-refractivity contribution in [3.63, 3.8) is 0 Å². The summed E-state index contributed by atoms with van der Waals surface area (Å²) in [6, 6.07) is 17.7. The Kier molecular flexibility index (Phi) is 8.05. The third-order valence-corrected chi connectivity index (χ3v) is 7.56. The highest BCUT2D eigenvalue weighted by atomic mass is 16.6. The maximum atomic E-state index is 14.4.